The summed E-state index contributed by atoms with van der Waals surface area (Å²) in [6.45, 7) is 4.25. The van der Waals surface area contributed by atoms with Gasteiger partial charge in [0.15, 0.2) is 0 Å². The van der Waals surface area contributed by atoms with Crippen molar-refractivity contribution in [2.45, 2.75) is 45.2 Å². The molecule has 1 N–H and O–H groups in total. The normalized spacial score (nSPS) is 14.3. The van der Waals surface area contributed by atoms with Crippen LogP contribution in [0.1, 0.15) is 47.1 Å². The van der Waals surface area contributed by atoms with Crippen LogP contribution in [0.4, 0.5) is 14.6 Å². The van der Waals surface area contributed by atoms with Crippen LogP contribution in [0.3, 0.4) is 0 Å². The maximum absolute atomic E-state index is 13.9. The summed E-state index contributed by atoms with van der Waals surface area (Å²) < 4.78 is 28.2. The first-order valence-electron chi connectivity index (χ1n) is 15.3. The Kier molecular flexibility index (Phi) is 9.36. The van der Waals surface area contributed by atoms with Crippen LogP contribution in [0.2, 0.25) is 5.02 Å². The molecule has 0 spiro atoms. The summed E-state index contributed by atoms with van der Waals surface area (Å²) in [5, 5.41) is 22.0. The summed E-state index contributed by atoms with van der Waals surface area (Å²) in [6.07, 6.45) is 1.76. The van der Waals surface area contributed by atoms with Crippen LogP contribution in [0.25, 0.3) is 32.2 Å². The van der Waals surface area contributed by atoms with Gasteiger partial charge in [0.2, 0.25) is 0 Å². The Morgan fingerprint density at radius 2 is 1.98 bits per heavy atom. The fourth-order valence-corrected chi connectivity index (χ4v) is 7.41. The number of aromatic nitrogens is 4. The van der Waals surface area contributed by atoms with Gasteiger partial charge in [-0.2, -0.15) is 5.26 Å². The Balaban J connectivity index is 1.33. The van der Waals surface area contributed by atoms with Crippen LogP contribution < -0.4 is 10.5 Å². The van der Waals surface area contributed by atoms with Gasteiger partial charge in [-0.3, -0.25) is 19.2 Å². The van der Waals surface area contributed by atoms with Crippen LogP contribution in [0.5, 0.6) is 0 Å². The Bertz CT molecular complexity index is 2280. The van der Waals surface area contributed by atoms with E-state index in [9.17, 15) is 28.7 Å². The highest BCUT2D eigenvalue weighted by molar-refractivity contribution is 7.18. The summed E-state index contributed by atoms with van der Waals surface area (Å²) in [5.41, 5.74) is 2.06. The van der Waals surface area contributed by atoms with Crippen molar-refractivity contribution < 1.29 is 18.7 Å². The van der Waals surface area contributed by atoms with Crippen molar-refractivity contribution in [1.29, 1.82) is 5.26 Å². The number of anilines is 1. The molecule has 10 nitrogen and oxygen atoms in total. The molecule has 0 bridgehead atoms. The summed E-state index contributed by atoms with van der Waals surface area (Å²) in [7, 11) is 1.70. The second kappa shape index (κ2) is 13.5. The smallest absolute Gasteiger partial charge is 0.338 e. The topological polar surface area (TPSA) is 128 Å². The fraction of sp³-hybridized carbons (Fsp3) is 0.314. The highest BCUT2D eigenvalue weighted by atomic mass is 35.5. The van der Waals surface area contributed by atoms with E-state index in [4.69, 9.17) is 11.6 Å². The van der Waals surface area contributed by atoms with Crippen LogP contribution in [0, 0.1) is 30.1 Å². The van der Waals surface area contributed by atoms with E-state index in [2.05, 4.69) is 32.9 Å². The first kappa shape index (κ1) is 33.9. The molecule has 250 valence electrons. The first-order chi connectivity index (χ1) is 23.4. The number of carboxylic acid groups (broad SMARTS) is 1. The number of rotatable bonds is 7. The molecule has 0 aliphatic carbocycles. The number of hydrogen-bond donors (Lipinski definition) is 1. The van der Waals surface area contributed by atoms with Gasteiger partial charge in [-0.05, 0) is 58.0 Å². The van der Waals surface area contributed by atoms with E-state index < -0.39 is 23.5 Å². The van der Waals surface area contributed by atoms with Crippen LogP contribution in [-0.2, 0) is 6.54 Å². The number of benzene rings is 1. The molecule has 0 unspecified atom stereocenters. The number of aryl methyl sites for hydroxylation is 1. The Morgan fingerprint density at radius 1 is 1.22 bits per heavy atom. The zero-order valence-corrected chi connectivity index (χ0v) is 28.4. The lowest BCUT2D eigenvalue weighted by molar-refractivity contribution is 0.0328. The van der Waals surface area contributed by atoms with Gasteiger partial charge in [0.05, 0.1) is 46.0 Å². The Hall–Kier alpha value is -4.95. The van der Waals surface area contributed by atoms with Gasteiger partial charge < -0.3 is 10.0 Å². The molecule has 5 heterocycles. The monoisotopic (exact) mass is 701 g/mol. The van der Waals surface area contributed by atoms with Gasteiger partial charge in [-0.25, -0.2) is 23.5 Å². The molecule has 0 amide bonds. The number of carboxylic acids is 1. The van der Waals surface area contributed by atoms with E-state index in [1.54, 1.807) is 54.7 Å². The second-order valence-corrected chi connectivity index (χ2v) is 13.4. The zero-order valence-electron chi connectivity index (χ0n) is 26.8. The molecule has 14 heteroatoms. The van der Waals surface area contributed by atoms with Crippen molar-refractivity contribution in [1.82, 2.24) is 24.4 Å². The van der Waals surface area contributed by atoms with E-state index in [0.717, 1.165) is 5.56 Å². The summed E-state index contributed by atoms with van der Waals surface area (Å²) >= 11 is 7.64. The number of nitriles is 1. The second-order valence-electron chi connectivity index (χ2n) is 12.1. The Labute approximate surface area is 289 Å². The minimum atomic E-state index is -2.43. The number of alkyl halides is 2. The van der Waals surface area contributed by atoms with E-state index >= 15 is 0 Å². The number of fused-ring (bicyclic) bond motifs is 2. The molecule has 6 rings (SSSR count). The summed E-state index contributed by atoms with van der Waals surface area (Å²) in [4.78, 5) is 42.6. The van der Waals surface area contributed by atoms with Gasteiger partial charge in [0.1, 0.15) is 23.3 Å². The molecule has 1 saturated heterocycles. The lowest BCUT2D eigenvalue weighted by Gasteiger charge is -2.45. The summed E-state index contributed by atoms with van der Waals surface area (Å²) in [5.74, 6) is 5.90. The Morgan fingerprint density at radius 3 is 2.67 bits per heavy atom. The first-order valence-corrected chi connectivity index (χ1v) is 16.6. The van der Waals surface area contributed by atoms with Crippen LogP contribution in [-0.4, -0.2) is 74.1 Å². The van der Waals surface area contributed by atoms with Crippen LogP contribution in [0.15, 0.2) is 46.8 Å². The number of carbonyl (C=O) groups is 1. The average Bonchev–Trinajstić information content (AvgIpc) is 3.51. The number of pyridine rings is 2. The molecular weight excluding hydrogens is 672 g/mol. The highest BCUT2D eigenvalue weighted by Gasteiger charge is 2.36. The van der Waals surface area contributed by atoms with Crippen molar-refractivity contribution in [3.63, 3.8) is 0 Å². The van der Waals surface area contributed by atoms with Crippen molar-refractivity contribution in [3.8, 4) is 29.0 Å². The lowest BCUT2D eigenvalue weighted by atomic mass is 9.88. The number of nitrogens with zero attached hydrogens (tertiary/aromatic N) is 7. The third kappa shape index (κ3) is 6.45. The van der Waals surface area contributed by atoms with E-state index in [0.29, 0.717) is 69.5 Å². The van der Waals surface area contributed by atoms with Crippen LogP contribution >= 0.6 is 22.9 Å². The third-order valence-corrected chi connectivity index (χ3v) is 10.4. The quantitative estimate of drug-likeness (QED) is 0.197. The fourth-order valence-electron chi connectivity index (χ4n) is 6.21. The number of aromatic carboxylic acids is 1. The van der Waals surface area contributed by atoms with E-state index in [1.165, 1.54) is 22.1 Å². The summed E-state index contributed by atoms with van der Waals surface area (Å²) in [6, 6.07) is 9.17. The number of piperidine rings is 1. The molecule has 1 aromatic carbocycles. The molecule has 4 aromatic heterocycles. The largest absolute Gasteiger partial charge is 0.478 e. The highest BCUT2D eigenvalue weighted by Crippen LogP contribution is 2.37. The minimum Gasteiger partial charge on any atom is -0.478 e. The SMILES string of the molecule is Cc1nc2cnc(N3CCC(C)(N(C)CC(F)F)CC3)c(C#N)c2c(=O)n1CC#Cc1ccc(Cl)cc1-c1ccnc2c(C(=O)O)csc12. The predicted molar refractivity (Wildman–Crippen MR) is 186 cm³/mol. The van der Waals surface area contributed by atoms with Crippen molar-refractivity contribution in [2.75, 3.05) is 31.6 Å². The van der Waals surface area contributed by atoms with Gasteiger partial charge in [0, 0.05) is 51.9 Å². The van der Waals surface area contributed by atoms with Gasteiger partial charge in [-0.1, -0.05) is 23.4 Å². The maximum atomic E-state index is 13.9. The molecular formula is C35H30ClF2N7O3S. The lowest BCUT2D eigenvalue weighted by Crippen LogP contribution is -2.53. The van der Waals surface area contributed by atoms with Gasteiger partial charge in [0.25, 0.3) is 12.0 Å². The average molecular weight is 702 g/mol. The number of halogens is 3. The number of thiophene rings is 1. The maximum Gasteiger partial charge on any atom is 0.338 e. The molecule has 0 radical (unpaired) electrons. The molecule has 49 heavy (non-hydrogen) atoms. The molecule has 0 saturated carbocycles. The predicted octanol–water partition coefficient (Wildman–Crippen LogP) is 6.21. The number of hydrogen-bond acceptors (Lipinski definition) is 9. The van der Waals surface area contributed by atoms with Crippen molar-refractivity contribution in [2.24, 2.45) is 0 Å². The molecule has 1 fully saturated rings. The zero-order chi connectivity index (χ0) is 35.0. The molecule has 0 atom stereocenters. The van der Waals surface area contributed by atoms with E-state index in [1.807, 2.05) is 11.8 Å². The molecule has 5 aromatic rings. The van der Waals surface area contributed by atoms with Gasteiger partial charge >= 0.3 is 5.97 Å². The van der Waals surface area contributed by atoms with Crippen molar-refractivity contribution in [3.05, 3.63) is 79.9 Å². The molecule has 1 aliphatic heterocycles. The van der Waals surface area contributed by atoms with E-state index in [-0.39, 0.29) is 29.6 Å². The minimum absolute atomic E-state index is 0.0232. The third-order valence-electron chi connectivity index (χ3n) is 9.17. The van der Waals surface area contributed by atoms with Crippen molar-refractivity contribution >= 4 is 55.8 Å². The van der Waals surface area contributed by atoms with Gasteiger partial charge in [-0.15, -0.1) is 11.3 Å². The standard InChI is InChI=1S/C35H30ClF2N7O3S/c1-20-42-27-17-41-32(44-13-9-35(2,10-14-44)43(3)18-28(37)38)25(16-39)29(27)33(46)45(20)12-4-5-21-6-7-22(36)15-24(21)23-8-11-40-30-26(34(47)48)19-49-31(23)30/h6-8,11,15,17,19,28H,9-10,12-14,18H2,1-3H3,(H,47,48). The molecule has 1 aliphatic rings.